The van der Waals surface area contributed by atoms with Gasteiger partial charge in [0.25, 0.3) is 5.15 Å². The molecule has 0 aliphatic carbocycles. The molecule has 0 unspecified atom stereocenters. The molecule has 92 valence electrons. The highest BCUT2D eigenvalue weighted by molar-refractivity contribution is 6.29. The third kappa shape index (κ3) is 6.89. The summed E-state index contributed by atoms with van der Waals surface area (Å²) in [5.74, 6) is 0. The van der Waals surface area contributed by atoms with Crippen LogP contribution >= 0.6 is 23.2 Å². The van der Waals surface area contributed by atoms with E-state index in [0.29, 0.717) is 10.3 Å². The van der Waals surface area contributed by atoms with Gasteiger partial charge in [-0.15, -0.1) is 0 Å². The molecule has 17 heavy (non-hydrogen) atoms. The van der Waals surface area contributed by atoms with Crippen LogP contribution in [0.15, 0.2) is 36.7 Å². The Morgan fingerprint density at radius 1 is 1.06 bits per heavy atom. The van der Waals surface area contributed by atoms with Crippen molar-refractivity contribution in [3.8, 4) is 0 Å². The van der Waals surface area contributed by atoms with Crippen LogP contribution in [0.1, 0.15) is 11.1 Å². The van der Waals surface area contributed by atoms with E-state index in [-0.39, 0.29) is 5.48 Å². The van der Waals surface area contributed by atoms with Gasteiger partial charge in [-0.2, -0.15) is 0 Å². The van der Waals surface area contributed by atoms with Crippen LogP contribution in [0.25, 0.3) is 0 Å². The molecular formula is C12H14Cl2N2O. The molecular weight excluding hydrogens is 259 g/mol. The fourth-order valence-electron chi connectivity index (χ4n) is 1.04. The summed E-state index contributed by atoms with van der Waals surface area (Å²) in [6.45, 7) is 3.98. The van der Waals surface area contributed by atoms with Crippen LogP contribution in [-0.4, -0.2) is 10.5 Å². The van der Waals surface area contributed by atoms with Gasteiger partial charge in [0.15, 0.2) is 6.20 Å². The maximum absolute atomic E-state index is 5.59. The van der Waals surface area contributed by atoms with Crippen LogP contribution < -0.4 is 4.98 Å². The average molecular weight is 273 g/mol. The van der Waals surface area contributed by atoms with Crippen LogP contribution in [0.3, 0.4) is 0 Å². The number of H-pyrrole nitrogens is 1. The van der Waals surface area contributed by atoms with E-state index >= 15 is 0 Å². The molecule has 0 saturated heterocycles. The molecule has 0 amide bonds. The van der Waals surface area contributed by atoms with Gasteiger partial charge in [0.05, 0.1) is 0 Å². The quantitative estimate of drug-likeness (QED) is 0.691. The number of nitrogens with one attached hydrogen (secondary N) is 1. The zero-order chi connectivity index (χ0) is 12.0. The van der Waals surface area contributed by atoms with Gasteiger partial charge < -0.3 is 5.48 Å². The first-order valence-corrected chi connectivity index (χ1v) is 5.55. The minimum atomic E-state index is 0. The second-order valence-corrected chi connectivity index (χ2v) is 4.16. The highest BCUT2D eigenvalue weighted by Crippen LogP contribution is 2.04. The van der Waals surface area contributed by atoms with Crippen molar-refractivity contribution in [1.29, 1.82) is 0 Å². The number of hydrogen-bond acceptors (Lipinski definition) is 2. The molecule has 2 aromatic rings. The summed E-state index contributed by atoms with van der Waals surface area (Å²) >= 11 is 11.1. The van der Waals surface area contributed by atoms with E-state index < -0.39 is 0 Å². The predicted molar refractivity (Wildman–Crippen MR) is 68.7 cm³/mol. The van der Waals surface area contributed by atoms with E-state index in [9.17, 15) is 0 Å². The zero-order valence-electron chi connectivity index (χ0n) is 9.61. The first-order valence-electron chi connectivity index (χ1n) is 4.80. The zero-order valence-corrected chi connectivity index (χ0v) is 11.1. The van der Waals surface area contributed by atoms with E-state index in [1.807, 2.05) is 44.3 Å². The van der Waals surface area contributed by atoms with Crippen molar-refractivity contribution >= 4 is 23.2 Å². The first kappa shape index (κ1) is 15.8. The van der Waals surface area contributed by atoms with Gasteiger partial charge >= 0.3 is 0 Å². The molecule has 3 nitrogen and oxygen atoms in total. The third-order valence-electron chi connectivity index (χ3n) is 1.80. The lowest BCUT2D eigenvalue weighted by atomic mass is 10.3. The Bertz CT molecular complexity index is 386. The van der Waals surface area contributed by atoms with Crippen LogP contribution in [0, 0.1) is 13.8 Å². The van der Waals surface area contributed by atoms with Gasteiger partial charge in [-0.3, -0.25) is 0 Å². The molecule has 2 rings (SSSR count). The Morgan fingerprint density at radius 2 is 1.71 bits per heavy atom. The fourth-order valence-corrected chi connectivity index (χ4v) is 1.51. The summed E-state index contributed by atoms with van der Waals surface area (Å²) in [5.41, 5.74) is 2.32. The number of halogens is 2. The highest BCUT2D eigenvalue weighted by Gasteiger charge is 1.91. The Morgan fingerprint density at radius 3 is 2.06 bits per heavy atom. The van der Waals surface area contributed by atoms with Crippen molar-refractivity contribution in [3.63, 3.8) is 0 Å². The molecule has 2 heterocycles. The van der Waals surface area contributed by atoms with Gasteiger partial charge in [0.2, 0.25) is 0 Å². The summed E-state index contributed by atoms with van der Waals surface area (Å²) < 4.78 is 0. The summed E-state index contributed by atoms with van der Waals surface area (Å²) in [6.07, 6.45) is 3.51. The van der Waals surface area contributed by atoms with Gasteiger partial charge in [0, 0.05) is 18.3 Å². The van der Waals surface area contributed by atoms with E-state index in [4.69, 9.17) is 23.2 Å². The maximum atomic E-state index is 5.59. The minimum Gasteiger partial charge on any atom is -0.870 e. The van der Waals surface area contributed by atoms with E-state index in [0.717, 1.165) is 5.56 Å². The van der Waals surface area contributed by atoms with Crippen molar-refractivity contribution < 1.29 is 10.5 Å². The lowest BCUT2D eigenvalue weighted by Crippen LogP contribution is -2.00. The average Bonchev–Trinajstić information content (AvgIpc) is 2.17. The lowest BCUT2D eigenvalue weighted by Gasteiger charge is -1.88. The maximum Gasteiger partial charge on any atom is 0.273 e. The molecule has 2 N–H and O–H groups in total. The molecule has 5 heteroatoms. The molecule has 0 atom stereocenters. The Balaban J connectivity index is 0.000000284. The molecule has 0 spiro atoms. The van der Waals surface area contributed by atoms with E-state index in [1.54, 1.807) is 6.20 Å². The van der Waals surface area contributed by atoms with Gasteiger partial charge in [-0.25, -0.2) is 9.97 Å². The van der Waals surface area contributed by atoms with Gasteiger partial charge in [-0.05, 0) is 48.7 Å². The summed E-state index contributed by atoms with van der Waals surface area (Å²) in [5, 5.41) is 1.25. The molecule has 0 fully saturated rings. The van der Waals surface area contributed by atoms with Gasteiger partial charge in [-0.1, -0.05) is 11.6 Å². The van der Waals surface area contributed by atoms with Crippen LogP contribution in [-0.2, 0) is 0 Å². The Labute approximate surface area is 111 Å². The molecule has 0 saturated carbocycles. The molecule has 0 radical (unpaired) electrons. The van der Waals surface area contributed by atoms with Crippen molar-refractivity contribution in [2.75, 3.05) is 0 Å². The molecule has 0 aliphatic rings. The topological polar surface area (TPSA) is 57.0 Å². The minimum absolute atomic E-state index is 0. The number of pyridine rings is 2. The summed E-state index contributed by atoms with van der Waals surface area (Å²) in [7, 11) is 0. The summed E-state index contributed by atoms with van der Waals surface area (Å²) in [6, 6.07) is 7.57. The predicted octanol–water partition coefficient (Wildman–Crippen LogP) is 3.33. The first-order chi connectivity index (χ1) is 7.58. The normalized spacial score (nSPS) is 8.71. The fraction of sp³-hybridized carbons (Fsp3) is 0.167. The number of aromatic amines is 1. The van der Waals surface area contributed by atoms with Gasteiger partial charge in [0.1, 0.15) is 5.15 Å². The highest BCUT2D eigenvalue weighted by atomic mass is 35.5. The van der Waals surface area contributed by atoms with Crippen LogP contribution in [0.5, 0.6) is 0 Å². The molecule has 0 bridgehead atoms. The number of aryl methyl sites for hydroxylation is 2. The number of aromatic nitrogens is 2. The van der Waals surface area contributed by atoms with Crippen molar-refractivity contribution in [3.05, 3.63) is 58.1 Å². The molecule has 0 aliphatic heterocycles. The smallest absolute Gasteiger partial charge is 0.273 e. The summed E-state index contributed by atoms with van der Waals surface area (Å²) in [4.78, 5) is 6.64. The second kappa shape index (κ2) is 8.01. The second-order valence-electron chi connectivity index (χ2n) is 3.37. The standard InChI is InChI=1S/2C6H6ClN.H2O/c2*1-5-2-3-8-6(7)4-5;/h2*2-4H,1H3;1H2. The molecule has 0 aromatic carbocycles. The number of hydrogen-bond donors (Lipinski definition) is 0. The van der Waals surface area contributed by atoms with E-state index in [2.05, 4.69) is 9.97 Å². The van der Waals surface area contributed by atoms with Crippen LogP contribution in [0.2, 0.25) is 10.3 Å². The van der Waals surface area contributed by atoms with E-state index in [1.165, 1.54) is 5.56 Å². The Kier molecular flexibility index (Phi) is 7.46. The van der Waals surface area contributed by atoms with Crippen molar-refractivity contribution in [1.82, 2.24) is 4.98 Å². The lowest BCUT2D eigenvalue weighted by molar-refractivity contribution is -0.375. The van der Waals surface area contributed by atoms with Crippen LogP contribution in [0.4, 0.5) is 0 Å². The SMILES string of the molecule is Cc1cc[nH+]c(Cl)c1.Cc1ccnc(Cl)c1.[OH-]. The largest absolute Gasteiger partial charge is 0.870 e. The Hall–Kier alpha value is -1.16. The molecule has 2 aromatic heterocycles. The van der Waals surface area contributed by atoms with Crippen molar-refractivity contribution in [2.24, 2.45) is 0 Å². The third-order valence-corrected chi connectivity index (χ3v) is 2.23. The monoisotopic (exact) mass is 272 g/mol. The number of rotatable bonds is 0. The number of nitrogens with zero attached hydrogens (tertiary/aromatic N) is 1. The van der Waals surface area contributed by atoms with Crippen molar-refractivity contribution in [2.45, 2.75) is 13.8 Å².